The van der Waals surface area contributed by atoms with Crippen molar-refractivity contribution in [3.8, 4) is 11.1 Å². The highest BCUT2D eigenvalue weighted by Crippen LogP contribution is 2.28. The molecule has 3 heteroatoms. The van der Waals surface area contributed by atoms with Crippen LogP contribution in [0, 0.1) is 12.7 Å². The summed E-state index contributed by atoms with van der Waals surface area (Å²) in [6.07, 6.45) is 0. The molecule has 0 spiro atoms. The van der Waals surface area contributed by atoms with E-state index in [2.05, 4.69) is 0 Å². The first kappa shape index (κ1) is 11.3. The summed E-state index contributed by atoms with van der Waals surface area (Å²) in [5.74, 6) is -1.30. The molecule has 0 radical (unpaired) electrons. The molecule has 2 aromatic carbocycles. The summed E-state index contributed by atoms with van der Waals surface area (Å²) in [7, 11) is 0. The smallest absolute Gasteiger partial charge is 0.251 e. The Labute approximate surface area is 98.9 Å². The van der Waals surface area contributed by atoms with Crippen LogP contribution in [0.4, 0.5) is 4.39 Å². The molecule has 0 heterocycles. The third-order valence-corrected chi connectivity index (χ3v) is 2.68. The van der Waals surface area contributed by atoms with E-state index in [-0.39, 0.29) is 5.56 Å². The van der Waals surface area contributed by atoms with Crippen molar-refractivity contribution >= 4 is 5.91 Å². The van der Waals surface area contributed by atoms with Crippen LogP contribution in [0.3, 0.4) is 0 Å². The average molecular weight is 229 g/mol. The fourth-order valence-corrected chi connectivity index (χ4v) is 1.82. The van der Waals surface area contributed by atoms with Crippen LogP contribution in [-0.4, -0.2) is 5.91 Å². The first-order valence-electron chi connectivity index (χ1n) is 5.25. The summed E-state index contributed by atoms with van der Waals surface area (Å²) in [5.41, 5.74) is 7.01. The quantitative estimate of drug-likeness (QED) is 0.845. The van der Waals surface area contributed by atoms with E-state index in [0.29, 0.717) is 5.56 Å². The Hall–Kier alpha value is -2.16. The normalized spacial score (nSPS) is 10.2. The fourth-order valence-electron chi connectivity index (χ4n) is 1.82. The molecule has 17 heavy (non-hydrogen) atoms. The van der Waals surface area contributed by atoms with Gasteiger partial charge in [-0.2, -0.15) is 0 Å². The summed E-state index contributed by atoms with van der Waals surface area (Å²) in [5, 5.41) is 0. The molecule has 0 aromatic heterocycles. The number of hydrogen-bond acceptors (Lipinski definition) is 1. The zero-order valence-corrected chi connectivity index (χ0v) is 9.41. The third-order valence-electron chi connectivity index (χ3n) is 2.68. The SMILES string of the molecule is Cc1ccc(C(N)=O)c(F)c1-c1ccccc1. The molecule has 0 bridgehead atoms. The van der Waals surface area contributed by atoms with E-state index in [0.717, 1.165) is 11.1 Å². The molecule has 2 rings (SSSR count). The molecular formula is C14H12FNO. The van der Waals surface area contributed by atoms with Gasteiger partial charge in [0.1, 0.15) is 5.82 Å². The van der Waals surface area contributed by atoms with Gasteiger partial charge in [0.25, 0.3) is 5.91 Å². The van der Waals surface area contributed by atoms with Crippen LogP contribution in [0.2, 0.25) is 0 Å². The van der Waals surface area contributed by atoms with Gasteiger partial charge in [-0.05, 0) is 24.1 Å². The molecule has 0 aliphatic carbocycles. The van der Waals surface area contributed by atoms with Gasteiger partial charge in [-0.1, -0.05) is 36.4 Å². The lowest BCUT2D eigenvalue weighted by molar-refractivity contribution is 0.0996. The number of halogens is 1. The van der Waals surface area contributed by atoms with Crippen LogP contribution in [0.5, 0.6) is 0 Å². The van der Waals surface area contributed by atoms with Crippen LogP contribution in [0.25, 0.3) is 11.1 Å². The van der Waals surface area contributed by atoms with Gasteiger partial charge in [-0.3, -0.25) is 4.79 Å². The van der Waals surface area contributed by atoms with Crippen molar-refractivity contribution in [1.82, 2.24) is 0 Å². The van der Waals surface area contributed by atoms with Crippen LogP contribution >= 0.6 is 0 Å². The minimum Gasteiger partial charge on any atom is -0.366 e. The Kier molecular flexibility index (Phi) is 2.91. The number of hydrogen-bond donors (Lipinski definition) is 1. The van der Waals surface area contributed by atoms with Gasteiger partial charge in [0, 0.05) is 5.56 Å². The number of carbonyl (C=O) groups is 1. The van der Waals surface area contributed by atoms with E-state index in [4.69, 9.17) is 5.73 Å². The first-order valence-corrected chi connectivity index (χ1v) is 5.25. The van der Waals surface area contributed by atoms with Crippen molar-refractivity contribution in [2.24, 2.45) is 5.73 Å². The van der Waals surface area contributed by atoms with E-state index in [1.54, 1.807) is 25.1 Å². The zero-order valence-electron chi connectivity index (χ0n) is 9.41. The van der Waals surface area contributed by atoms with E-state index in [1.165, 1.54) is 6.07 Å². The minimum atomic E-state index is -0.750. The zero-order chi connectivity index (χ0) is 12.4. The Morgan fingerprint density at radius 2 is 1.76 bits per heavy atom. The van der Waals surface area contributed by atoms with Crippen molar-refractivity contribution < 1.29 is 9.18 Å². The van der Waals surface area contributed by atoms with Crippen molar-refractivity contribution in [2.45, 2.75) is 6.92 Å². The first-order chi connectivity index (χ1) is 8.11. The van der Waals surface area contributed by atoms with E-state index >= 15 is 0 Å². The highest BCUT2D eigenvalue weighted by atomic mass is 19.1. The van der Waals surface area contributed by atoms with Crippen LogP contribution in [0.15, 0.2) is 42.5 Å². The van der Waals surface area contributed by atoms with Gasteiger partial charge < -0.3 is 5.73 Å². The lowest BCUT2D eigenvalue weighted by Crippen LogP contribution is -2.14. The lowest BCUT2D eigenvalue weighted by atomic mass is 9.97. The number of primary amides is 1. The van der Waals surface area contributed by atoms with Crippen LogP contribution in [0.1, 0.15) is 15.9 Å². The number of nitrogens with two attached hydrogens (primary N) is 1. The van der Waals surface area contributed by atoms with Gasteiger partial charge in [0.05, 0.1) is 5.56 Å². The number of benzene rings is 2. The van der Waals surface area contributed by atoms with Gasteiger partial charge in [0.15, 0.2) is 0 Å². The van der Waals surface area contributed by atoms with Crippen molar-refractivity contribution in [3.05, 3.63) is 59.4 Å². The highest BCUT2D eigenvalue weighted by molar-refractivity contribution is 5.95. The highest BCUT2D eigenvalue weighted by Gasteiger charge is 2.15. The molecule has 0 fully saturated rings. The molecule has 0 unspecified atom stereocenters. The molecule has 2 nitrogen and oxygen atoms in total. The number of carbonyl (C=O) groups excluding carboxylic acids is 1. The number of amides is 1. The third kappa shape index (κ3) is 2.04. The van der Waals surface area contributed by atoms with Gasteiger partial charge in [-0.25, -0.2) is 4.39 Å². The maximum absolute atomic E-state index is 14.2. The molecule has 86 valence electrons. The minimum absolute atomic E-state index is 0.0746. The predicted octanol–water partition coefficient (Wildman–Crippen LogP) is 2.90. The lowest BCUT2D eigenvalue weighted by Gasteiger charge is -2.10. The van der Waals surface area contributed by atoms with Gasteiger partial charge >= 0.3 is 0 Å². The van der Waals surface area contributed by atoms with Crippen LogP contribution < -0.4 is 5.73 Å². The Bertz CT molecular complexity index is 564. The molecule has 0 aliphatic rings. The number of aryl methyl sites for hydroxylation is 1. The van der Waals surface area contributed by atoms with E-state index in [1.807, 2.05) is 18.2 Å². The van der Waals surface area contributed by atoms with Crippen molar-refractivity contribution in [1.29, 1.82) is 0 Å². The molecule has 2 aromatic rings. The fraction of sp³-hybridized carbons (Fsp3) is 0.0714. The molecule has 1 amide bonds. The maximum atomic E-state index is 14.2. The second-order valence-corrected chi connectivity index (χ2v) is 3.85. The molecule has 0 saturated carbocycles. The molecular weight excluding hydrogens is 217 g/mol. The van der Waals surface area contributed by atoms with Crippen molar-refractivity contribution in [2.75, 3.05) is 0 Å². The standard InChI is InChI=1S/C14H12FNO/c1-9-7-8-11(14(16)17)13(15)12(9)10-5-3-2-4-6-10/h2-8H,1H3,(H2,16,17). The summed E-state index contributed by atoms with van der Waals surface area (Å²) >= 11 is 0. The predicted molar refractivity (Wildman–Crippen MR) is 65.1 cm³/mol. The van der Waals surface area contributed by atoms with E-state index in [9.17, 15) is 9.18 Å². The summed E-state index contributed by atoms with van der Waals surface area (Å²) in [6, 6.07) is 12.2. The topological polar surface area (TPSA) is 43.1 Å². The van der Waals surface area contributed by atoms with Gasteiger partial charge in [0.2, 0.25) is 0 Å². The Morgan fingerprint density at radius 3 is 2.35 bits per heavy atom. The molecule has 0 atom stereocenters. The summed E-state index contributed by atoms with van der Waals surface area (Å²) in [6.45, 7) is 1.80. The van der Waals surface area contributed by atoms with Crippen LogP contribution in [-0.2, 0) is 0 Å². The average Bonchev–Trinajstić information content (AvgIpc) is 2.30. The monoisotopic (exact) mass is 229 g/mol. The largest absolute Gasteiger partial charge is 0.366 e. The summed E-state index contributed by atoms with van der Waals surface area (Å²) in [4.78, 5) is 11.1. The molecule has 0 aliphatic heterocycles. The molecule has 0 saturated heterocycles. The van der Waals surface area contributed by atoms with Gasteiger partial charge in [-0.15, -0.1) is 0 Å². The Morgan fingerprint density at radius 1 is 1.12 bits per heavy atom. The van der Waals surface area contributed by atoms with E-state index < -0.39 is 11.7 Å². The van der Waals surface area contributed by atoms with Crippen molar-refractivity contribution in [3.63, 3.8) is 0 Å². The second-order valence-electron chi connectivity index (χ2n) is 3.85. The second kappa shape index (κ2) is 4.37. The maximum Gasteiger partial charge on any atom is 0.251 e. The molecule has 2 N–H and O–H groups in total. The number of rotatable bonds is 2. The summed E-state index contributed by atoms with van der Waals surface area (Å²) < 4.78 is 14.2. The Balaban J connectivity index is 2.69.